The summed E-state index contributed by atoms with van der Waals surface area (Å²) < 4.78 is 14.1. The smallest absolute Gasteiger partial charge is 0.227 e. The number of halogens is 2. The second kappa shape index (κ2) is 15.0. The summed E-state index contributed by atoms with van der Waals surface area (Å²) in [5, 5.41) is 0. The van der Waals surface area contributed by atoms with Crippen molar-refractivity contribution in [3.8, 4) is 0 Å². The van der Waals surface area contributed by atoms with Crippen LogP contribution in [0.4, 0.5) is 4.39 Å². The lowest BCUT2D eigenvalue weighted by Crippen LogP contribution is -2.46. The molecule has 0 spiro atoms. The molecule has 0 bridgehead atoms. The number of nitrogens with two attached hydrogens (primary N) is 2. The third-order valence-electron chi connectivity index (χ3n) is 7.17. The van der Waals surface area contributed by atoms with E-state index in [1.165, 1.54) is 0 Å². The molecule has 4 N–H and O–H groups in total. The molecule has 0 radical (unpaired) electrons. The van der Waals surface area contributed by atoms with E-state index in [1.807, 2.05) is 13.8 Å². The van der Waals surface area contributed by atoms with Gasteiger partial charge < -0.3 is 16.4 Å². The van der Waals surface area contributed by atoms with Crippen LogP contribution >= 0.6 is 15.9 Å². The molecule has 8 nitrogen and oxygen atoms in total. The number of rotatable bonds is 15. The molecule has 1 aliphatic rings. The molecular formula is C27H38BrFN4O4. The van der Waals surface area contributed by atoms with Gasteiger partial charge in [-0.15, -0.1) is 0 Å². The Morgan fingerprint density at radius 3 is 2.43 bits per heavy atom. The molecule has 10 heteroatoms. The first kappa shape index (κ1) is 30.6. The summed E-state index contributed by atoms with van der Waals surface area (Å²) in [5.41, 5.74) is 11.2. The van der Waals surface area contributed by atoms with E-state index in [4.69, 9.17) is 11.5 Å². The van der Waals surface area contributed by atoms with E-state index < -0.39 is 30.3 Å². The zero-order chi connectivity index (χ0) is 27.5. The van der Waals surface area contributed by atoms with Crippen LogP contribution in [0.5, 0.6) is 0 Å². The Hall–Kier alpha value is -2.62. The van der Waals surface area contributed by atoms with E-state index in [0.29, 0.717) is 37.8 Å². The maximum atomic E-state index is 13.7. The number of Topliss-reactive ketones (excluding diaryl/α,β-unsaturated/α-hetero) is 3. The summed E-state index contributed by atoms with van der Waals surface area (Å²) in [7, 11) is 0. The molecule has 1 saturated heterocycles. The third-order valence-corrected chi connectivity index (χ3v) is 7.70. The van der Waals surface area contributed by atoms with Gasteiger partial charge in [0.05, 0.1) is 6.04 Å². The Balaban J connectivity index is 2.13. The monoisotopic (exact) mass is 580 g/mol. The average Bonchev–Trinajstić information content (AvgIpc) is 3.38. The predicted octanol–water partition coefficient (Wildman–Crippen LogP) is 3.84. The summed E-state index contributed by atoms with van der Waals surface area (Å²) in [5.74, 6) is -2.68. The number of likely N-dealkylation sites (tertiary alicyclic amines) is 1. The van der Waals surface area contributed by atoms with Gasteiger partial charge in [0.15, 0.2) is 23.3 Å². The molecular weight excluding hydrogens is 543 g/mol. The summed E-state index contributed by atoms with van der Waals surface area (Å²) in [6.45, 7) is 3.46. The summed E-state index contributed by atoms with van der Waals surface area (Å²) >= 11 is 3.36. The minimum absolute atomic E-state index is 0.0559. The minimum Gasteiger partial charge on any atom is -0.370 e. The number of ketones is 3. The largest absolute Gasteiger partial charge is 0.370 e. The van der Waals surface area contributed by atoms with Crippen LogP contribution in [-0.2, 0) is 14.4 Å². The maximum absolute atomic E-state index is 13.7. The number of carbonyl (C=O) groups is 4. The Labute approximate surface area is 226 Å². The van der Waals surface area contributed by atoms with E-state index in [0.717, 1.165) is 4.47 Å². The highest BCUT2D eigenvalue weighted by atomic mass is 79.9. The van der Waals surface area contributed by atoms with E-state index in [2.05, 4.69) is 20.9 Å². The van der Waals surface area contributed by atoms with Gasteiger partial charge in [0, 0.05) is 47.8 Å². The van der Waals surface area contributed by atoms with Crippen LogP contribution in [0.2, 0.25) is 0 Å². The van der Waals surface area contributed by atoms with Crippen LogP contribution < -0.4 is 11.5 Å². The van der Waals surface area contributed by atoms with Gasteiger partial charge in [0.1, 0.15) is 6.67 Å². The van der Waals surface area contributed by atoms with Crippen molar-refractivity contribution in [1.82, 2.24) is 4.90 Å². The number of hydrogen-bond acceptors (Lipinski definition) is 5. The van der Waals surface area contributed by atoms with Crippen molar-refractivity contribution in [3.05, 3.63) is 34.3 Å². The number of nitrogens with zero attached hydrogens (tertiary/aromatic N) is 2. The van der Waals surface area contributed by atoms with Crippen molar-refractivity contribution in [2.75, 3.05) is 19.8 Å². The predicted molar refractivity (Wildman–Crippen MR) is 145 cm³/mol. The fraction of sp³-hybridized carbons (Fsp3) is 0.593. The molecule has 2 rings (SSSR count). The van der Waals surface area contributed by atoms with Crippen molar-refractivity contribution < 1.29 is 23.6 Å². The molecule has 1 aromatic carbocycles. The SMILES string of the molecule is CCC(C)[C@H](CC(=O)c1ccc(Br)cc1)C(=O)N1CCC[C@H]1C(=O)C[C@@H](CCCN=C(N)N)C(=O)CF. The second-order valence-electron chi connectivity index (χ2n) is 9.73. The summed E-state index contributed by atoms with van der Waals surface area (Å²) in [6.07, 6.45) is 2.49. The number of hydrogen-bond donors (Lipinski definition) is 2. The van der Waals surface area contributed by atoms with Gasteiger partial charge in [-0.1, -0.05) is 48.3 Å². The Morgan fingerprint density at radius 1 is 1.16 bits per heavy atom. The van der Waals surface area contributed by atoms with Crippen LogP contribution in [-0.4, -0.2) is 59.9 Å². The molecule has 1 aromatic rings. The molecule has 1 heterocycles. The topological polar surface area (TPSA) is 136 Å². The van der Waals surface area contributed by atoms with E-state index in [1.54, 1.807) is 29.2 Å². The standard InChI is InChI=1S/C27H38BrFN4O4/c1-3-17(2)21(15-23(34)18-8-10-20(28)11-9-18)26(37)33-13-5-7-22(33)24(35)14-19(25(36)16-29)6-4-12-32-27(30)31/h8-11,17,19,21-22H,3-7,12-16H2,1-2H3,(H4,30,31,32)/t17?,19-,21+,22+/m1/s1. The van der Waals surface area contributed by atoms with Gasteiger partial charge >= 0.3 is 0 Å². The lowest BCUT2D eigenvalue weighted by molar-refractivity contribution is -0.142. The fourth-order valence-corrected chi connectivity index (χ4v) is 5.02. The van der Waals surface area contributed by atoms with Crippen LogP contribution in [0.1, 0.15) is 69.2 Å². The molecule has 37 heavy (non-hydrogen) atoms. The highest BCUT2D eigenvalue weighted by Gasteiger charge is 2.40. The first-order chi connectivity index (χ1) is 17.6. The van der Waals surface area contributed by atoms with Gasteiger partial charge in [-0.05, 0) is 43.7 Å². The zero-order valence-electron chi connectivity index (χ0n) is 21.6. The van der Waals surface area contributed by atoms with E-state index in [9.17, 15) is 23.6 Å². The highest BCUT2D eigenvalue weighted by Crippen LogP contribution is 2.30. The molecule has 204 valence electrons. The van der Waals surface area contributed by atoms with Crippen molar-refractivity contribution in [2.24, 2.45) is 34.2 Å². The summed E-state index contributed by atoms with van der Waals surface area (Å²) in [4.78, 5) is 57.6. The van der Waals surface area contributed by atoms with Gasteiger partial charge in [-0.25, -0.2) is 4.39 Å². The molecule has 1 amide bonds. The number of carbonyl (C=O) groups excluding carboxylic acids is 4. The van der Waals surface area contributed by atoms with E-state index >= 15 is 0 Å². The fourth-order valence-electron chi connectivity index (χ4n) is 4.76. The summed E-state index contributed by atoms with van der Waals surface area (Å²) in [6, 6.07) is 6.35. The number of benzene rings is 1. The van der Waals surface area contributed by atoms with Crippen LogP contribution in [0.3, 0.4) is 0 Å². The van der Waals surface area contributed by atoms with Gasteiger partial charge in [0.2, 0.25) is 5.91 Å². The van der Waals surface area contributed by atoms with Crippen LogP contribution in [0.25, 0.3) is 0 Å². The molecule has 1 fully saturated rings. The van der Waals surface area contributed by atoms with Crippen LogP contribution in [0.15, 0.2) is 33.7 Å². The van der Waals surface area contributed by atoms with E-state index in [-0.39, 0.29) is 55.2 Å². The molecule has 0 aromatic heterocycles. The molecule has 1 unspecified atom stereocenters. The first-order valence-electron chi connectivity index (χ1n) is 12.8. The Kier molecular flexibility index (Phi) is 12.4. The second-order valence-corrected chi connectivity index (χ2v) is 10.6. The van der Waals surface area contributed by atoms with Crippen molar-refractivity contribution in [2.45, 2.75) is 64.8 Å². The normalized spacial score (nSPS) is 17.6. The van der Waals surface area contributed by atoms with Gasteiger partial charge in [-0.3, -0.25) is 24.2 Å². The minimum atomic E-state index is -1.15. The maximum Gasteiger partial charge on any atom is 0.227 e. The quantitative estimate of drug-likeness (QED) is 0.140. The Morgan fingerprint density at radius 2 is 1.84 bits per heavy atom. The third kappa shape index (κ3) is 9.02. The lowest BCUT2D eigenvalue weighted by Gasteiger charge is -2.31. The number of guanidine groups is 1. The lowest BCUT2D eigenvalue weighted by atomic mass is 9.84. The van der Waals surface area contributed by atoms with Crippen molar-refractivity contribution in [1.29, 1.82) is 0 Å². The Bertz CT molecular complexity index is 981. The number of amides is 1. The first-order valence-corrected chi connectivity index (χ1v) is 13.6. The van der Waals surface area contributed by atoms with Gasteiger partial charge in [-0.2, -0.15) is 0 Å². The molecule has 4 atom stereocenters. The molecule has 0 saturated carbocycles. The van der Waals surface area contributed by atoms with Crippen molar-refractivity contribution in [3.63, 3.8) is 0 Å². The average molecular weight is 582 g/mol. The highest BCUT2D eigenvalue weighted by molar-refractivity contribution is 9.10. The molecule has 1 aliphatic heterocycles. The number of aliphatic imine (C=N–C) groups is 1. The number of alkyl halides is 1. The molecule has 0 aliphatic carbocycles. The zero-order valence-corrected chi connectivity index (χ0v) is 23.2. The van der Waals surface area contributed by atoms with Crippen molar-refractivity contribution >= 4 is 45.1 Å². The van der Waals surface area contributed by atoms with Gasteiger partial charge in [0.25, 0.3) is 0 Å². The van der Waals surface area contributed by atoms with Crippen LogP contribution in [0, 0.1) is 17.8 Å².